The van der Waals surface area contributed by atoms with Crippen LogP contribution in [0.2, 0.25) is 0 Å². The number of carbonyl (C=O) groups excluding carboxylic acids is 2. The Hall–Kier alpha value is -2.24. The van der Waals surface area contributed by atoms with E-state index in [1.54, 1.807) is 24.3 Å². The number of rotatable bonds is 2. The number of hydrogen-bond donors (Lipinski definition) is 2. The van der Waals surface area contributed by atoms with Crippen LogP contribution in [0.1, 0.15) is 12.8 Å². The first-order valence-corrected chi connectivity index (χ1v) is 6.13. The van der Waals surface area contributed by atoms with Crippen LogP contribution >= 0.6 is 0 Å². The molecule has 19 heavy (non-hydrogen) atoms. The van der Waals surface area contributed by atoms with Crippen LogP contribution < -0.4 is 11.1 Å². The van der Waals surface area contributed by atoms with E-state index in [2.05, 4.69) is 5.32 Å². The largest absolute Gasteiger partial charge is 0.467 e. The summed E-state index contributed by atoms with van der Waals surface area (Å²) in [5.41, 5.74) is 6.83. The fourth-order valence-electron chi connectivity index (χ4n) is 2.20. The lowest BCUT2D eigenvalue weighted by Crippen LogP contribution is -2.43. The van der Waals surface area contributed by atoms with Crippen LogP contribution in [-0.4, -0.2) is 36.6 Å². The normalized spacial score (nSPS) is 18.2. The summed E-state index contributed by atoms with van der Waals surface area (Å²) in [6.45, 7) is 0.550. The van der Waals surface area contributed by atoms with Crippen molar-refractivity contribution in [3.8, 4) is 0 Å². The minimum atomic E-state index is -0.494. The van der Waals surface area contributed by atoms with Gasteiger partial charge in [0.15, 0.2) is 0 Å². The van der Waals surface area contributed by atoms with Crippen molar-refractivity contribution in [1.82, 2.24) is 4.90 Å². The summed E-state index contributed by atoms with van der Waals surface area (Å²) >= 11 is 0. The van der Waals surface area contributed by atoms with Crippen LogP contribution in [0.4, 0.5) is 16.2 Å². The van der Waals surface area contributed by atoms with Crippen molar-refractivity contribution in [1.29, 1.82) is 0 Å². The van der Waals surface area contributed by atoms with Gasteiger partial charge in [-0.1, -0.05) is 6.07 Å². The zero-order chi connectivity index (χ0) is 13.8. The first-order chi connectivity index (χ1) is 9.11. The van der Waals surface area contributed by atoms with Crippen molar-refractivity contribution in [2.45, 2.75) is 18.9 Å². The van der Waals surface area contributed by atoms with Crippen LogP contribution in [0.15, 0.2) is 24.3 Å². The molecule has 0 saturated carbocycles. The van der Waals surface area contributed by atoms with Crippen molar-refractivity contribution in [2.24, 2.45) is 0 Å². The van der Waals surface area contributed by atoms with E-state index in [1.165, 1.54) is 12.0 Å². The monoisotopic (exact) mass is 263 g/mol. The average molecular weight is 263 g/mol. The van der Waals surface area contributed by atoms with Gasteiger partial charge in [0.25, 0.3) is 0 Å². The number of ether oxygens (including phenoxy) is 1. The molecule has 1 atom stereocenters. The summed E-state index contributed by atoms with van der Waals surface area (Å²) in [6.07, 6.45) is 1.43. The van der Waals surface area contributed by atoms with E-state index in [0.29, 0.717) is 24.3 Å². The van der Waals surface area contributed by atoms with Crippen molar-refractivity contribution >= 4 is 23.4 Å². The van der Waals surface area contributed by atoms with Gasteiger partial charge in [-0.3, -0.25) is 0 Å². The second kappa shape index (κ2) is 5.60. The first kappa shape index (κ1) is 13.2. The number of anilines is 2. The van der Waals surface area contributed by atoms with E-state index in [0.717, 1.165) is 6.42 Å². The van der Waals surface area contributed by atoms with E-state index in [-0.39, 0.29) is 12.0 Å². The van der Waals surface area contributed by atoms with Crippen LogP contribution in [0.3, 0.4) is 0 Å². The highest BCUT2D eigenvalue weighted by molar-refractivity contribution is 5.93. The SMILES string of the molecule is COC(=O)C1CCCN1C(=O)Nc1cccc(N)c1. The molecule has 0 aliphatic carbocycles. The van der Waals surface area contributed by atoms with Crippen LogP contribution in [0, 0.1) is 0 Å². The van der Waals surface area contributed by atoms with E-state index < -0.39 is 6.04 Å². The summed E-state index contributed by atoms with van der Waals surface area (Å²) in [5, 5.41) is 2.73. The minimum absolute atomic E-state index is 0.307. The number of urea groups is 1. The number of nitrogen functional groups attached to an aromatic ring is 1. The van der Waals surface area contributed by atoms with Gasteiger partial charge in [0, 0.05) is 17.9 Å². The quantitative estimate of drug-likeness (QED) is 0.624. The number of amides is 2. The van der Waals surface area contributed by atoms with E-state index in [1.807, 2.05) is 0 Å². The molecule has 0 aromatic heterocycles. The molecular formula is C13H17N3O3. The molecule has 1 aliphatic heterocycles. The number of methoxy groups -OCH3 is 1. The molecule has 1 unspecified atom stereocenters. The molecule has 0 spiro atoms. The third kappa shape index (κ3) is 2.96. The smallest absolute Gasteiger partial charge is 0.328 e. The van der Waals surface area contributed by atoms with Crippen molar-refractivity contribution < 1.29 is 14.3 Å². The van der Waals surface area contributed by atoms with Crippen LogP contribution in [0.5, 0.6) is 0 Å². The fraction of sp³-hybridized carbons (Fsp3) is 0.385. The van der Waals surface area contributed by atoms with Gasteiger partial charge in [-0.25, -0.2) is 9.59 Å². The number of nitrogens with one attached hydrogen (secondary N) is 1. The number of hydrogen-bond acceptors (Lipinski definition) is 4. The number of nitrogens with two attached hydrogens (primary N) is 1. The summed E-state index contributed by atoms with van der Waals surface area (Å²) in [7, 11) is 1.33. The fourth-order valence-corrected chi connectivity index (χ4v) is 2.20. The Labute approximate surface area is 111 Å². The number of carbonyl (C=O) groups is 2. The molecule has 102 valence electrons. The molecular weight excluding hydrogens is 246 g/mol. The van der Waals surface area contributed by atoms with Gasteiger partial charge in [0.1, 0.15) is 6.04 Å². The molecule has 1 aromatic carbocycles. The third-order valence-corrected chi connectivity index (χ3v) is 3.12. The number of nitrogens with zero attached hydrogens (tertiary/aromatic N) is 1. The molecule has 1 saturated heterocycles. The molecule has 1 aliphatic rings. The van der Waals surface area contributed by atoms with E-state index >= 15 is 0 Å². The third-order valence-electron chi connectivity index (χ3n) is 3.12. The maximum absolute atomic E-state index is 12.1. The Morgan fingerprint density at radius 2 is 2.26 bits per heavy atom. The molecule has 0 bridgehead atoms. The average Bonchev–Trinajstić information content (AvgIpc) is 2.87. The molecule has 6 heteroatoms. The maximum atomic E-state index is 12.1. The molecule has 1 heterocycles. The van der Waals surface area contributed by atoms with Crippen LogP contribution in [0.25, 0.3) is 0 Å². The summed E-state index contributed by atoms with van der Waals surface area (Å²) in [5.74, 6) is -0.375. The summed E-state index contributed by atoms with van der Waals surface area (Å²) in [4.78, 5) is 25.2. The zero-order valence-corrected chi connectivity index (χ0v) is 10.8. The van der Waals surface area contributed by atoms with Gasteiger partial charge in [-0.15, -0.1) is 0 Å². The highest BCUT2D eigenvalue weighted by Gasteiger charge is 2.34. The second-order valence-electron chi connectivity index (χ2n) is 4.43. The highest BCUT2D eigenvalue weighted by atomic mass is 16.5. The Morgan fingerprint density at radius 3 is 2.95 bits per heavy atom. The Morgan fingerprint density at radius 1 is 1.47 bits per heavy atom. The predicted octanol–water partition coefficient (Wildman–Crippen LogP) is 1.44. The Bertz CT molecular complexity index is 490. The van der Waals surface area contributed by atoms with Crippen molar-refractivity contribution in [3.63, 3.8) is 0 Å². The van der Waals surface area contributed by atoms with Crippen molar-refractivity contribution in [3.05, 3.63) is 24.3 Å². The predicted molar refractivity (Wildman–Crippen MR) is 71.6 cm³/mol. The van der Waals surface area contributed by atoms with Gasteiger partial charge in [0.05, 0.1) is 7.11 Å². The number of benzene rings is 1. The molecule has 3 N–H and O–H groups in total. The number of esters is 1. The molecule has 1 aromatic rings. The summed E-state index contributed by atoms with van der Waals surface area (Å²) < 4.78 is 4.70. The molecule has 1 fully saturated rings. The van der Waals surface area contributed by atoms with Gasteiger partial charge >= 0.3 is 12.0 Å². The minimum Gasteiger partial charge on any atom is -0.467 e. The van der Waals surface area contributed by atoms with Gasteiger partial charge in [-0.2, -0.15) is 0 Å². The standard InChI is InChI=1S/C13H17N3O3/c1-19-12(17)11-6-3-7-16(11)13(18)15-10-5-2-4-9(14)8-10/h2,4-5,8,11H,3,6-7,14H2,1H3,(H,15,18). The van der Waals surface area contributed by atoms with E-state index in [9.17, 15) is 9.59 Å². The first-order valence-electron chi connectivity index (χ1n) is 6.13. The highest BCUT2D eigenvalue weighted by Crippen LogP contribution is 2.20. The number of likely N-dealkylation sites (tertiary alicyclic amines) is 1. The van der Waals surface area contributed by atoms with Gasteiger partial charge < -0.3 is 20.7 Å². The van der Waals surface area contributed by atoms with Crippen LogP contribution in [-0.2, 0) is 9.53 Å². The van der Waals surface area contributed by atoms with Gasteiger partial charge in [-0.05, 0) is 31.0 Å². The molecule has 2 rings (SSSR count). The lowest BCUT2D eigenvalue weighted by atomic mass is 10.2. The zero-order valence-electron chi connectivity index (χ0n) is 10.8. The lowest BCUT2D eigenvalue weighted by Gasteiger charge is -2.23. The van der Waals surface area contributed by atoms with E-state index in [4.69, 9.17) is 10.5 Å². The topological polar surface area (TPSA) is 84.7 Å². The summed E-state index contributed by atoms with van der Waals surface area (Å²) in [6, 6.07) is 6.11. The molecule has 2 amide bonds. The maximum Gasteiger partial charge on any atom is 0.328 e. The van der Waals surface area contributed by atoms with Gasteiger partial charge in [0.2, 0.25) is 0 Å². The molecule has 6 nitrogen and oxygen atoms in total. The lowest BCUT2D eigenvalue weighted by molar-refractivity contribution is -0.144. The van der Waals surface area contributed by atoms with Crippen molar-refractivity contribution in [2.75, 3.05) is 24.7 Å². The Kier molecular flexibility index (Phi) is 3.89. The molecule has 0 radical (unpaired) electrons. The Balaban J connectivity index is 2.05. The second-order valence-corrected chi connectivity index (χ2v) is 4.43.